The van der Waals surface area contributed by atoms with Crippen LogP contribution in [-0.2, 0) is 49.3 Å². The molecule has 354 valence electrons. The lowest BCUT2D eigenvalue weighted by Gasteiger charge is -2.67. The van der Waals surface area contributed by atoms with Crippen molar-refractivity contribution in [2.75, 3.05) is 6.54 Å². The molecule has 0 radical (unpaired) electrons. The van der Waals surface area contributed by atoms with Gasteiger partial charge >= 0.3 is 19.1 Å². The summed E-state index contributed by atoms with van der Waals surface area (Å²) in [6, 6.07) is 2.16. The van der Waals surface area contributed by atoms with Crippen molar-refractivity contribution in [3.8, 4) is 0 Å². The quantitative estimate of drug-likeness (QED) is 0.0653. The number of carboxylic acids is 2. The second kappa shape index (κ2) is 21.5. The summed E-state index contributed by atoms with van der Waals surface area (Å²) in [5.41, 5.74) is 6.97. The third-order valence-electron chi connectivity index (χ3n) is 14.4. The van der Waals surface area contributed by atoms with E-state index in [4.69, 9.17) is 20.1 Å². The second-order valence-electron chi connectivity index (χ2n) is 19.7. The Hall–Kier alpha value is -4.07. The number of hydrogen-bond acceptors (Lipinski definition) is 10. The summed E-state index contributed by atoms with van der Waals surface area (Å²) in [6.45, 7) is 14.0. The number of carboxylic acid groups (broad SMARTS) is 2. The van der Waals surface area contributed by atoms with E-state index in [1.807, 2.05) is 12.1 Å². The lowest BCUT2D eigenvalue weighted by atomic mass is 9.39. The van der Waals surface area contributed by atoms with Crippen LogP contribution in [0.2, 0.25) is 0 Å². The van der Waals surface area contributed by atoms with Gasteiger partial charge in [0.2, 0.25) is 29.5 Å². The molecule has 3 saturated carbocycles. The molecule has 2 saturated heterocycles. The number of rotatable bonds is 22. The number of aliphatic carboxylic acids is 2. The Kier molecular flexibility index (Phi) is 17.1. The van der Waals surface area contributed by atoms with Crippen molar-refractivity contribution < 1.29 is 53.1 Å². The molecule has 8 N–H and O–H groups in total. The van der Waals surface area contributed by atoms with E-state index in [1.54, 1.807) is 27.7 Å². The zero-order chi connectivity index (χ0) is 47.3. The second-order valence-corrected chi connectivity index (χ2v) is 20.6. The van der Waals surface area contributed by atoms with Crippen LogP contribution in [0.15, 0.2) is 28.7 Å². The Balaban J connectivity index is 1.26. The van der Waals surface area contributed by atoms with Gasteiger partial charge in [0, 0.05) is 22.9 Å². The van der Waals surface area contributed by atoms with Crippen molar-refractivity contribution in [2.45, 2.75) is 167 Å². The Morgan fingerprint density at radius 2 is 1.52 bits per heavy atom. The third-order valence-corrected chi connectivity index (χ3v) is 14.9. The molecule has 5 aliphatic rings. The summed E-state index contributed by atoms with van der Waals surface area (Å²) in [7, 11) is -0.645. The van der Waals surface area contributed by atoms with Crippen LogP contribution in [0.4, 0.5) is 0 Å². The van der Waals surface area contributed by atoms with Crippen molar-refractivity contribution in [1.82, 2.24) is 26.2 Å². The van der Waals surface area contributed by atoms with Gasteiger partial charge in [-0.05, 0) is 92.2 Å². The molecule has 10 atom stereocenters. The molecule has 2 heterocycles. The van der Waals surface area contributed by atoms with Gasteiger partial charge in [-0.2, -0.15) is 0 Å². The monoisotopic (exact) mass is 958 g/mol. The van der Waals surface area contributed by atoms with E-state index >= 15 is 0 Å². The molecule has 0 unspecified atom stereocenters. The van der Waals surface area contributed by atoms with Gasteiger partial charge in [-0.25, -0.2) is 0 Å². The van der Waals surface area contributed by atoms with Crippen LogP contribution in [0.3, 0.4) is 0 Å². The number of carbonyl (C=O) groups is 7. The molecule has 0 spiro atoms. The van der Waals surface area contributed by atoms with E-state index in [9.17, 15) is 38.7 Å². The molecule has 5 fully saturated rings. The number of benzene rings is 1. The van der Waals surface area contributed by atoms with E-state index in [1.165, 1.54) is 10.5 Å². The summed E-state index contributed by atoms with van der Waals surface area (Å²) in [4.78, 5) is 92.9. The average Bonchev–Trinajstić information content (AvgIpc) is 3.90. The van der Waals surface area contributed by atoms with Gasteiger partial charge in [0.05, 0.1) is 30.6 Å². The highest BCUT2D eigenvalue weighted by Crippen LogP contribution is 2.69. The minimum absolute atomic E-state index is 0.0384. The number of likely N-dealkylation sites (tertiary alicyclic amines) is 1. The smallest absolute Gasteiger partial charge is 0.481 e. The molecule has 6 rings (SSSR count). The number of amides is 5. The standard InChI is InChI=1S/C45H68BBrN6O11/c1-24(2)36(51-40(59)30(18-19-34(54)55)49-39(58)29(48)22-35(56)57)42(61)52-37(25(3)4)43(62)53-20-10-12-31(53)41(60)50-33(13-9-8-11-26-14-16-28(47)17-15-26)46-63-32-21-27-23-45(7,38(32)64-46)44(27,5)6/h14-17,24-25,27,29-33,36-38H,8-13,18-23,48H2,1-7H3,(H,49,58)(H,50,60)(H,51,59)(H,52,61)(H,54,55)(H,56,57)/t27-,29+,30+,31+,32-,33+,36+,37+,38-,45-/m1/s1. The topological polar surface area (TPSA) is 256 Å². The summed E-state index contributed by atoms with van der Waals surface area (Å²) in [5, 5.41) is 29.3. The number of aryl methyl sites for hydroxylation is 1. The Bertz CT molecular complexity index is 1890. The minimum Gasteiger partial charge on any atom is -0.481 e. The SMILES string of the molecule is CC(C)[C@H](NC(=O)[C@H](CCC(=O)O)NC(=O)[C@@H](N)CC(=O)O)C(=O)N[C@H](C(=O)N1CCC[C@H]1C(=O)N[C@@H](CCCCc1ccc(Br)cc1)B1O[C@@H]2[C@@H](C[C@@H]3C[C@@]2(C)C3(C)C)O1)C(C)C. The number of carbonyl (C=O) groups excluding carboxylic acids is 5. The molecule has 17 nitrogen and oxygen atoms in total. The molecule has 1 aromatic carbocycles. The molecule has 0 aromatic heterocycles. The molecule has 5 amide bonds. The van der Waals surface area contributed by atoms with Gasteiger partial charge in [-0.15, -0.1) is 0 Å². The summed E-state index contributed by atoms with van der Waals surface area (Å²) in [6.07, 6.45) is 4.40. The first kappa shape index (κ1) is 50.9. The Morgan fingerprint density at radius 1 is 0.859 bits per heavy atom. The van der Waals surface area contributed by atoms with Crippen LogP contribution in [-0.4, -0.2) is 119 Å². The summed E-state index contributed by atoms with van der Waals surface area (Å²) in [5.74, 6) is -6.80. The maximum atomic E-state index is 14.4. The highest BCUT2D eigenvalue weighted by Gasteiger charge is 2.69. The van der Waals surface area contributed by atoms with Crippen LogP contribution in [0, 0.1) is 28.6 Å². The van der Waals surface area contributed by atoms with Crippen LogP contribution in [0.1, 0.15) is 118 Å². The zero-order valence-electron chi connectivity index (χ0n) is 38.2. The van der Waals surface area contributed by atoms with Crippen molar-refractivity contribution in [3.63, 3.8) is 0 Å². The summed E-state index contributed by atoms with van der Waals surface area (Å²) >= 11 is 3.50. The molecule has 2 bridgehead atoms. The van der Waals surface area contributed by atoms with Crippen LogP contribution in [0.25, 0.3) is 0 Å². The number of nitrogens with two attached hydrogens (primary N) is 1. The highest BCUT2D eigenvalue weighted by atomic mass is 79.9. The van der Waals surface area contributed by atoms with E-state index in [2.05, 4.69) is 70.1 Å². The predicted octanol–water partition coefficient (Wildman–Crippen LogP) is 3.34. The Labute approximate surface area is 385 Å². The lowest BCUT2D eigenvalue weighted by Crippen LogP contribution is -2.66. The van der Waals surface area contributed by atoms with Crippen molar-refractivity contribution in [2.24, 2.45) is 34.3 Å². The fourth-order valence-electron chi connectivity index (χ4n) is 9.97. The van der Waals surface area contributed by atoms with E-state index < -0.39 is 104 Å². The average molecular weight is 960 g/mol. The van der Waals surface area contributed by atoms with E-state index in [0.717, 1.165) is 36.6 Å². The fourth-order valence-corrected chi connectivity index (χ4v) is 10.2. The minimum atomic E-state index is -1.51. The van der Waals surface area contributed by atoms with Crippen molar-refractivity contribution in [1.29, 1.82) is 0 Å². The van der Waals surface area contributed by atoms with Gasteiger partial charge < -0.3 is 51.4 Å². The largest absolute Gasteiger partial charge is 0.481 e. The molecule has 64 heavy (non-hydrogen) atoms. The van der Waals surface area contributed by atoms with Gasteiger partial charge in [-0.3, -0.25) is 33.6 Å². The van der Waals surface area contributed by atoms with Crippen molar-refractivity contribution >= 4 is 64.5 Å². The van der Waals surface area contributed by atoms with Crippen LogP contribution in [0.5, 0.6) is 0 Å². The molecular formula is C45H68BBrN6O11. The maximum absolute atomic E-state index is 14.4. The maximum Gasteiger partial charge on any atom is 0.481 e. The molecule has 3 aliphatic carbocycles. The first-order valence-corrected chi connectivity index (χ1v) is 23.6. The number of unbranched alkanes of at least 4 members (excludes halogenated alkanes) is 1. The lowest BCUT2D eigenvalue weighted by molar-refractivity contribution is -0.220. The number of nitrogens with one attached hydrogen (secondary N) is 4. The molecule has 19 heteroatoms. The summed E-state index contributed by atoms with van der Waals surface area (Å²) < 4.78 is 14.4. The van der Waals surface area contributed by atoms with Gasteiger partial charge in [-0.1, -0.05) is 82.9 Å². The first-order valence-electron chi connectivity index (χ1n) is 22.8. The first-order chi connectivity index (χ1) is 30.0. The third kappa shape index (κ3) is 11.8. The van der Waals surface area contributed by atoms with Crippen molar-refractivity contribution in [3.05, 3.63) is 34.3 Å². The number of hydrogen-bond donors (Lipinski definition) is 7. The molecule has 2 aliphatic heterocycles. The van der Waals surface area contributed by atoms with Gasteiger partial charge in [0.15, 0.2) is 0 Å². The van der Waals surface area contributed by atoms with E-state index in [-0.39, 0.29) is 35.4 Å². The zero-order valence-corrected chi connectivity index (χ0v) is 39.8. The molecule has 1 aromatic rings. The van der Waals surface area contributed by atoms with Gasteiger partial charge in [0.25, 0.3) is 0 Å². The van der Waals surface area contributed by atoms with Crippen LogP contribution >= 0.6 is 15.9 Å². The highest BCUT2D eigenvalue weighted by molar-refractivity contribution is 9.10. The van der Waals surface area contributed by atoms with E-state index in [0.29, 0.717) is 31.7 Å². The number of nitrogens with zero attached hydrogens (tertiary/aromatic N) is 1. The Morgan fingerprint density at radius 3 is 2.12 bits per heavy atom. The molecular weight excluding hydrogens is 891 g/mol. The normalized spacial score (nSPS) is 25.6. The number of halogens is 1. The van der Waals surface area contributed by atoms with Gasteiger partial charge in [0.1, 0.15) is 24.2 Å². The fraction of sp³-hybridized carbons (Fsp3) is 0.711. The van der Waals surface area contributed by atoms with Crippen LogP contribution < -0.4 is 27.0 Å². The predicted molar refractivity (Wildman–Crippen MR) is 241 cm³/mol.